The zero-order valence-corrected chi connectivity index (χ0v) is 15.5. The number of rotatable bonds is 6. The van der Waals surface area contributed by atoms with Crippen LogP contribution in [0.5, 0.6) is 0 Å². The third kappa shape index (κ3) is 3.48. The van der Waals surface area contributed by atoms with Crippen LogP contribution in [0.1, 0.15) is 34.0 Å². The van der Waals surface area contributed by atoms with Crippen molar-refractivity contribution in [1.82, 2.24) is 24.9 Å². The van der Waals surface area contributed by atoms with E-state index in [-0.39, 0.29) is 17.1 Å². The topological polar surface area (TPSA) is 108 Å². The molecule has 130 valence electrons. The van der Waals surface area contributed by atoms with E-state index in [1.807, 2.05) is 18.5 Å². The van der Waals surface area contributed by atoms with Crippen LogP contribution in [0.3, 0.4) is 0 Å². The van der Waals surface area contributed by atoms with Gasteiger partial charge in [-0.2, -0.15) is 10.2 Å². The highest BCUT2D eigenvalue weighted by atomic mass is 79.9. The summed E-state index contributed by atoms with van der Waals surface area (Å²) >= 11 is 3.47. The molecule has 0 aliphatic carbocycles. The minimum Gasteiger partial charge on any atom is -0.350 e. The van der Waals surface area contributed by atoms with Gasteiger partial charge >= 0.3 is 5.69 Å². The van der Waals surface area contributed by atoms with Crippen molar-refractivity contribution >= 4 is 27.5 Å². The summed E-state index contributed by atoms with van der Waals surface area (Å²) in [5.74, 6) is -0.501. The van der Waals surface area contributed by atoms with Crippen molar-refractivity contribution in [2.45, 2.75) is 33.7 Å². The first kappa shape index (κ1) is 18.1. The van der Waals surface area contributed by atoms with Crippen molar-refractivity contribution in [3.8, 4) is 0 Å². The van der Waals surface area contributed by atoms with Crippen LogP contribution >= 0.6 is 15.9 Å². The molecule has 0 fully saturated rings. The summed E-state index contributed by atoms with van der Waals surface area (Å²) in [6, 6.07) is 0. The SMILES string of the molecule is Cc1nn(CCCNC(=O)c2c([N+](=O)[O-])c(C)nn2C)c(C)c1Br. The Bertz CT molecular complexity index is 795. The fourth-order valence-electron chi connectivity index (χ4n) is 2.53. The average Bonchev–Trinajstić information content (AvgIpc) is 2.94. The first-order valence-electron chi connectivity index (χ1n) is 7.39. The molecule has 0 saturated carbocycles. The number of hydrogen-bond acceptors (Lipinski definition) is 5. The molecule has 0 saturated heterocycles. The molecule has 0 bridgehead atoms. The van der Waals surface area contributed by atoms with Crippen molar-refractivity contribution < 1.29 is 9.72 Å². The Kier molecular flexibility index (Phi) is 5.37. The van der Waals surface area contributed by atoms with Gasteiger partial charge in [0, 0.05) is 25.8 Å². The van der Waals surface area contributed by atoms with Gasteiger partial charge in [0.1, 0.15) is 5.69 Å². The number of nitrogens with zero attached hydrogens (tertiary/aromatic N) is 5. The lowest BCUT2D eigenvalue weighted by Gasteiger charge is -2.07. The van der Waals surface area contributed by atoms with Gasteiger partial charge in [0.05, 0.1) is 15.1 Å². The standard InChI is InChI=1S/C14H19BrN6O3/c1-8-11(15)10(3)20(18-8)7-5-6-16-14(22)13-12(21(23)24)9(2)17-19(13)4/h5-7H2,1-4H3,(H,16,22). The van der Waals surface area contributed by atoms with Gasteiger partial charge in [0.15, 0.2) is 0 Å². The Labute approximate surface area is 147 Å². The maximum Gasteiger partial charge on any atom is 0.322 e. The first-order valence-corrected chi connectivity index (χ1v) is 8.19. The van der Waals surface area contributed by atoms with Gasteiger partial charge in [-0.05, 0) is 43.1 Å². The zero-order valence-electron chi connectivity index (χ0n) is 14.0. The second kappa shape index (κ2) is 7.12. The van der Waals surface area contributed by atoms with E-state index in [1.54, 1.807) is 0 Å². The summed E-state index contributed by atoms with van der Waals surface area (Å²) in [6.45, 7) is 6.42. The Morgan fingerprint density at radius 2 is 1.96 bits per heavy atom. The van der Waals surface area contributed by atoms with Crippen molar-refractivity contribution in [1.29, 1.82) is 0 Å². The van der Waals surface area contributed by atoms with Crippen LogP contribution in [0.25, 0.3) is 0 Å². The van der Waals surface area contributed by atoms with Gasteiger partial charge in [-0.1, -0.05) is 0 Å². The van der Waals surface area contributed by atoms with Gasteiger partial charge in [-0.25, -0.2) is 0 Å². The van der Waals surface area contributed by atoms with E-state index in [0.717, 1.165) is 15.9 Å². The number of amides is 1. The lowest BCUT2D eigenvalue weighted by molar-refractivity contribution is -0.385. The van der Waals surface area contributed by atoms with Crippen LogP contribution < -0.4 is 5.32 Å². The minimum atomic E-state index is -0.579. The molecule has 1 N–H and O–H groups in total. The fourth-order valence-corrected chi connectivity index (χ4v) is 2.81. The number of carbonyl (C=O) groups excluding carboxylic acids is 1. The lowest BCUT2D eigenvalue weighted by atomic mass is 10.3. The molecule has 9 nitrogen and oxygen atoms in total. The maximum absolute atomic E-state index is 12.2. The van der Waals surface area contributed by atoms with E-state index in [1.165, 1.54) is 18.7 Å². The predicted molar refractivity (Wildman–Crippen MR) is 91.0 cm³/mol. The zero-order chi connectivity index (χ0) is 18.0. The second-order valence-electron chi connectivity index (χ2n) is 5.48. The first-order chi connectivity index (χ1) is 11.2. The van der Waals surface area contributed by atoms with Crippen molar-refractivity contribution in [2.75, 3.05) is 6.54 Å². The minimum absolute atomic E-state index is 0.0358. The molecule has 2 heterocycles. The van der Waals surface area contributed by atoms with Crippen molar-refractivity contribution in [2.24, 2.45) is 7.05 Å². The van der Waals surface area contributed by atoms with Gasteiger partial charge in [0.25, 0.3) is 5.91 Å². The summed E-state index contributed by atoms with van der Waals surface area (Å²) < 4.78 is 4.08. The fraction of sp³-hybridized carbons (Fsp3) is 0.500. The van der Waals surface area contributed by atoms with Crippen LogP contribution in [0, 0.1) is 30.9 Å². The molecule has 2 rings (SSSR count). The molecule has 10 heteroatoms. The number of aryl methyl sites for hydroxylation is 4. The summed E-state index contributed by atoms with van der Waals surface area (Å²) in [5, 5.41) is 22.1. The summed E-state index contributed by atoms with van der Waals surface area (Å²) in [5.41, 5.74) is 1.87. The Morgan fingerprint density at radius 3 is 2.50 bits per heavy atom. The largest absolute Gasteiger partial charge is 0.350 e. The van der Waals surface area contributed by atoms with Crippen LogP contribution in [0.4, 0.5) is 5.69 Å². The van der Waals surface area contributed by atoms with Crippen LogP contribution in [-0.4, -0.2) is 36.9 Å². The van der Waals surface area contributed by atoms with Gasteiger partial charge in [-0.3, -0.25) is 24.3 Å². The normalized spacial score (nSPS) is 10.9. The molecule has 0 spiro atoms. The maximum atomic E-state index is 12.2. The van der Waals surface area contributed by atoms with E-state index < -0.39 is 10.8 Å². The molecule has 1 amide bonds. The summed E-state index contributed by atoms with van der Waals surface area (Å²) in [6.07, 6.45) is 0.658. The second-order valence-corrected chi connectivity index (χ2v) is 6.27. The highest BCUT2D eigenvalue weighted by Crippen LogP contribution is 2.22. The number of hydrogen-bond donors (Lipinski definition) is 1. The monoisotopic (exact) mass is 398 g/mol. The molecular formula is C14H19BrN6O3. The summed E-state index contributed by atoms with van der Waals surface area (Å²) in [7, 11) is 1.52. The molecule has 24 heavy (non-hydrogen) atoms. The van der Waals surface area contributed by atoms with Crippen LogP contribution in [0.15, 0.2) is 4.47 Å². The smallest absolute Gasteiger partial charge is 0.322 e. The number of halogens is 1. The predicted octanol–water partition coefficient (Wildman–Crippen LogP) is 2.03. The number of aromatic nitrogens is 4. The molecule has 0 aromatic carbocycles. The average molecular weight is 399 g/mol. The molecule has 2 aromatic rings. The van der Waals surface area contributed by atoms with E-state index in [9.17, 15) is 14.9 Å². The number of nitrogens with one attached hydrogen (secondary N) is 1. The Hall–Kier alpha value is -2.23. The highest BCUT2D eigenvalue weighted by Gasteiger charge is 2.28. The van der Waals surface area contributed by atoms with Gasteiger partial charge in [-0.15, -0.1) is 0 Å². The quantitative estimate of drug-likeness (QED) is 0.454. The van der Waals surface area contributed by atoms with E-state index >= 15 is 0 Å². The third-order valence-corrected chi connectivity index (χ3v) is 4.86. The molecule has 0 atom stereocenters. The molecule has 0 unspecified atom stereocenters. The molecular weight excluding hydrogens is 380 g/mol. The van der Waals surface area contributed by atoms with Crippen molar-refractivity contribution in [3.63, 3.8) is 0 Å². The molecule has 0 aliphatic heterocycles. The van der Waals surface area contributed by atoms with E-state index in [0.29, 0.717) is 19.5 Å². The number of nitro groups is 1. The number of carbonyl (C=O) groups is 1. The molecule has 0 aliphatic rings. The Balaban J connectivity index is 1.97. The van der Waals surface area contributed by atoms with Gasteiger partial charge < -0.3 is 5.32 Å². The van der Waals surface area contributed by atoms with Crippen LogP contribution in [-0.2, 0) is 13.6 Å². The third-order valence-electron chi connectivity index (χ3n) is 3.71. The molecule has 2 aromatic heterocycles. The van der Waals surface area contributed by atoms with E-state index in [2.05, 4.69) is 31.4 Å². The lowest BCUT2D eigenvalue weighted by Crippen LogP contribution is -2.28. The Morgan fingerprint density at radius 1 is 1.29 bits per heavy atom. The van der Waals surface area contributed by atoms with Gasteiger partial charge in [0.2, 0.25) is 5.69 Å². The van der Waals surface area contributed by atoms with Crippen molar-refractivity contribution in [3.05, 3.63) is 37.4 Å². The van der Waals surface area contributed by atoms with E-state index in [4.69, 9.17) is 0 Å². The van der Waals surface area contributed by atoms with Crippen LogP contribution in [0.2, 0.25) is 0 Å². The highest BCUT2D eigenvalue weighted by molar-refractivity contribution is 9.10. The summed E-state index contributed by atoms with van der Waals surface area (Å²) in [4.78, 5) is 22.8. The molecule has 0 radical (unpaired) electrons.